The van der Waals surface area contributed by atoms with Gasteiger partial charge in [0.05, 0.1) is 30.7 Å². The molecule has 0 unspecified atom stereocenters. The van der Waals surface area contributed by atoms with Crippen LogP contribution in [0, 0.1) is 12.0 Å². The second-order valence-electron chi connectivity index (χ2n) is 9.29. The highest BCUT2D eigenvalue weighted by Crippen LogP contribution is 2.65. The minimum absolute atomic E-state index is 0.104. The van der Waals surface area contributed by atoms with Crippen LogP contribution in [0.4, 0.5) is 5.69 Å². The Labute approximate surface area is 188 Å². The molecule has 0 radical (unpaired) electrons. The fraction of sp³-hybridized carbons (Fsp3) is 0.458. The zero-order valence-corrected chi connectivity index (χ0v) is 18.8. The number of nitrogens with zero attached hydrogens (tertiary/aromatic N) is 1. The number of alkyl halides is 1. The van der Waals surface area contributed by atoms with E-state index in [1.807, 2.05) is 24.3 Å². The van der Waals surface area contributed by atoms with Crippen LogP contribution in [0.1, 0.15) is 44.2 Å². The Morgan fingerprint density at radius 1 is 1.10 bits per heavy atom. The number of benzene rings is 2. The molecule has 0 amide bonds. The van der Waals surface area contributed by atoms with E-state index in [0.717, 1.165) is 42.7 Å². The summed E-state index contributed by atoms with van der Waals surface area (Å²) >= 11 is 12.1. The molecule has 3 aliphatic carbocycles. The number of rotatable bonds is 8. The maximum atomic E-state index is 7.51. The minimum Gasteiger partial charge on any atom is -0.502 e. The molecule has 2 aromatic carbocycles. The molecule has 0 aliphatic heterocycles. The van der Waals surface area contributed by atoms with Crippen molar-refractivity contribution < 1.29 is 9.47 Å². The maximum Gasteiger partial charge on any atom is 0.229 e. The Morgan fingerprint density at radius 3 is 2.33 bits per heavy atom. The summed E-state index contributed by atoms with van der Waals surface area (Å²) < 4.78 is 11.6. The standard InChI is InChI=1S/C24H26Cl2N2O2/c1-22(2,17-10-19(26)21(29-9-8-25)20(11-17)28-3)16-4-6-18(7-5-16)30-15-23-12-24(27,13-23)14-23/h4-7,10-11H,8-9,12-15,27H2,1-2H3. The van der Waals surface area contributed by atoms with Crippen LogP contribution in [0.5, 0.6) is 11.5 Å². The van der Waals surface area contributed by atoms with Gasteiger partial charge in [0.2, 0.25) is 5.69 Å². The van der Waals surface area contributed by atoms with E-state index >= 15 is 0 Å². The largest absolute Gasteiger partial charge is 0.502 e. The van der Waals surface area contributed by atoms with Gasteiger partial charge in [-0.15, -0.1) is 11.6 Å². The lowest BCUT2D eigenvalue weighted by Gasteiger charge is -2.68. The van der Waals surface area contributed by atoms with Gasteiger partial charge in [0.25, 0.3) is 0 Å². The molecular formula is C24H26Cl2N2O2. The molecule has 0 saturated heterocycles. The molecule has 0 aromatic heterocycles. The van der Waals surface area contributed by atoms with E-state index in [1.165, 1.54) is 0 Å². The molecule has 2 bridgehead atoms. The Kier molecular flexibility index (Phi) is 5.43. The third kappa shape index (κ3) is 3.75. The Balaban J connectivity index is 1.50. The van der Waals surface area contributed by atoms with E-state index < -0.39 is 0 Å². The molecule has 5 rings (SSSR count). The highest BCUT2D eigenvalue weighted by atomic mass is 35.5. The van der Waals surface area contributed by atoms with Gasteiger partial charge in [0.1, 0.15) is 11.5 Å². The van der Waals surface area contributed by atoms with Crippen molar-refractivity contribution in [1.29, 1.82) is 0 Å². The number of halogens is 2. The van der Waals surface area contributed by atoms with Crippen LogP contribution in [0.3, 0.4) is 0 Å². The van der Waals surface area contributed by atoms with E-state index in [4.69, 9.17) is 45.0 Å². The molecule has 3 fully saturated rings. The van der Waals surface area contributed by atoms with Crippen LogP contribution < -0.4 is 15.2 Å². The lowest BCUT2D eigenvalue weighted by atomic mass is 9.40. The van der Waals surface area contributed by atoms with E-state index in [2.05, 4.69) is 30.8 Å². The maximum absolute atomic E-state index is 7.51. The molecule has 2 N–H and O–H groups in total. The minimum atomic E-state index is -0.341. The van der Waals surface area contributed by atoms with Crippen LogP contribution in [0.2, 0.25) is 5.02 Å². The molecule has 6 heteroatoms. The summed E-state index contributed by atoms with van der Waals surface area (Å²) in [5, 5.41) is 0.424. The molecule has 3 aliphatic rings. The number of hydrogen-bond acceptors (Lipinski definition) is 3. The van der Waals surface area contributed by atoms with Crippen molar-refractivity contribution in [2.75, 3.05) is 19.1 Å². The highest BCUT2D eigenvalue weighted by Gasteiger charge is 2.66. The van der Waals surface area contributed by atoms with Crippen molar-refractivity contribution in [3.8, 4) is 11.5 Å². The summed E-state index contributed by atoms with van der Waals surface area (Å²) in [6.45, 7) is 12.8. The van der Waals surface area contributed by atoms with Crippen LogP contribution in [-0.2, 0) is 5.41 Å². The normalized spacial score (nSPS) is 24.4. The van der Waals surface area contributed by atoms with Crippen molar-refractivity contribution in [3.63, 3.8) is 0 Å². The van der Waals surface area contributed by atoms with Crippen molar-refractivity contribution in [1.82, 2.24) is 0 Å². The molecule has 4 nitrogen and oxygen atoms in total. The van der Waals surface area contributed by atoms with Crippen LogP contribution in [-0.4, -0.2) is 24.6 Å². The molecule has 0 atom stereocenters. The number of ether oxygens (including phenoxy) is 2. The summed E-state index contributed by atoms with van der Waals surface area (Å²) in [6, 6.07) is 11.9. The zero-order chi connectivity index (χ0) is 21.6. The van der Waals surface area contributed by atoms with Gasteiger partial charge in [-0.3, -0.25) is 0 Å². The first-order valence-corrected chi connectivity index (χ1v) is 11.0. The first-order chi connectivity index (χ1) is 14.2. The fourth-order valence-electron chi connectivity index (χ4n) is 4.92. The fourth-order valence-corrected chi connectivity index (χ4v) is 5.26. The van der Waals surface area contributed by atoms with E-state index in [-0.39, 0.29) is 11.0 Å². The summed E-state index contributed by atoms with van der Waals surface area (Å²) in [5.41, 5.74) is 8.67. The van der Waals surface area contributed by atoms with Gasteiger partial charge >= 0.3 is 0 Å². The first kappa shape index (κ1) is 21.3. The summed E-state index contributed by atoms with van der Waals surface area (Å²) in [6.07, 6.45) is 3.25. The average molecular weight is 445 g/mol. The molecule has 158 valence electrons. The topological polar surface area (TPSA) is 48.8 Å². The number of nitrogens with two attached hydrogens (primary N) is 1. The van der Waals surface area contributed by atoms with Gasteiger partial charge in [-0.2, -0.15) is 0 Å². The third-order valence-electron chi connectivity index (χ3n) is 6.49. The second-order valence-corrected chi connectivity index (χ2v) is 10.1. The van der Waals surface area contributed by atoms with Gasteiger partial charge in [-0.05, 0) is 54.7 Å². The Bertz CT molecular complexity index is 976. The quantitative estimate of drug-likeness (QED) is 0.395. The molecule has 2 aromatic rings. The monoisotopic (exact) mass is 444 g/mol. The lowest BCUT2D eigenvalue weighted by molar-refractivity contribution is -0.153. The van der Waals surface area contributed by atoms with Gasteiger partial charge in [-0.25, -0.2) is 4.85 Å². The van der Waals surface area contributed by atoms with Gasteiger partial charge in [-0.1, -0.05) is 37.6 Å². The molecule has 30 heavy (non-hydrogen) atoms. The third-order valence-corrected chi connectivity index (χ3v) is 6.93. The average Bonchev–Trinajstić information content (AvgIpc) is 2.68. The molecular weight excluding hydrogens is 419 g/mol. The van der Waals surface area contributed by atoms with Gasteiger partial charge in [0.15, 0.2) is 0 Å². The second kappa shape index (κ2) is 7.64. The molecule has 0 spiro atoms. The van der Waals surface area contributed by atoms with Crippen molar-refractivity contribution >= 4 is 28.9 Å². The van der Waals surface area contributed by atoms with E-state index in [0.29, 0.717) is 34.4 Å². The SMILES string of the molecule is [C-]#[N+]c1cc(C(C)(C)c2ccc(OCC34CC(N)(C3)C4)cc2)cc(Cl)c1OCCCl. The van der Waals surface area contributed by atoms with Gasteiger partial charge < -0.3 is 15.2 Å². The predicted octanol–water partition coefficient (Wildman–Crippen LogP) is 6.09. The van der Waals surface area contributed by atoms with E-state index in [9.17, 15) is 0 Å². The molecule has 3 saturated carbocycles. The van der Waals surface area contributed by atoms with Crippen molar-refractivity contribution in [3.05, 3.63) is 64.0 Å². The van der Waals surface area contributed by atoms with Gasteiger partial charge in [0, 0.05) is 16.4 Å². The van der Waals surface area contributed by atoms with E-state index in [1.54, 1.807) is 0 Å². The van der Waals surface area contributed by atoms with Crippen LogP contribution in [0.25, 0.3) is 4.85 Å². The molecule has 0 heterocycles. The highest BCUT2D eigenvalue weighted by molar-refractivity contribution is 6.32. The van der Waals surface area contributed by atoms with Crippen LogP contribution in [0.15, 0.2) is 36.4 Å². The van der Waals surface area contributed by atoms with Crippen molar-refractivity contribution in [2.45, 2.75) is 44.1 Å². The smallest absolute Gasteiger partial charge is 0.229 e. The summed E-state index contributed by atoms with van der Waals surface area (Å²) in [5.74, 6) is 1.60. The summed E-state index contributed by atoms with van der Waals surface area (Å²) in [7, 11) is 0. The summed E-state index contributed by atoms with van der Waals surface area (Å²) in [4.78, 5) is 3.60. The van der Waals surface area contributed by atoms with Crippen LogP contribution >= 0.6 is 23.2 Å². The zero-order valence-electron chi connectivity index (χ0n) is 17.3. The Morgan fingerprint density at radius 2 is 1.77 bits per heavy atom. The number of hydrogen-bond donors (Lipinski definition) is 1. The Hall–Kier alpha value is -1.93. The predicted molar refractivity (Wildman–Crippen MR) is 121 cm³/mol. The lowest BCUT2D eigenvalue weighted by Crippen LogP contribution is -2.73. The first-order valence-electron chi connectivity index (χ1n) is 10.1. The van der Waals surface area contributed by atoms with Crippen molar-refractivity contribution in [2.24, 2.45) is 11.1 Å².